The summed E-state index contributed by atoms with van der Waals surface area (Å²) < 4.78 is 19.7. The Kier molecular flexibility index (Phi) is 4.66. The molecule has 0 radical (unpaired) electrons. The second kappa shape index (κ2) is 7.10. The molecule has 0 saturated heterocycles. The van der Waals surface area contributed by atoms with Gasteiger partial charge in [0.15, 0.2) is 0 Å². The Morgan fingerprint density at radius 3 is 2.73 bits per heavy atom. The number of hydrogen-bond acceptors (Lipinski definition) is 8. The zero-order valence-corrected chi connectivity index (χ0v) is 15.6. The summed E-state index contributed by atoms with van der Waals surface area (Å²) in [6.45, 7) is 0.584. The van der Waals surface area contributed by atoms with Gasteiger partial charge in [0.25, 0.3) is 5.22 Å². The van der Waals surface area contributed by atoms with Gasteiger partial charge in [-0.15, -0.1) is 21.5 Å². The fourth-order valence-electron chi connectivity index (χ4n) is 2.36. The molecule has 0 N–H and O–H groups in total. The summed E-state index contributed by atoms with van der Waals surface area (Å²) in [5, 5.41) is 9.31. The highest BCUT2D eigenvalue weighted by molar-refractivity contribution is 7.99. The fraction of sp³-hybridized carbons (Fsp3) is 0.176. The first-order valence-electron chi connectivity index (χ1n) is 7.74. The molecule has 0 fully saturated rings. The molecule has 3 aromatic heterocycles. The van der Waals surface area contributed by atoms with Crippen molar-refractivity contribution < 1.29 is 8.81 Å². The highest BCUT2D eigenvalue weighted by Crippen LogP contribution is 2.38. The van der Waals surface area contributed by atoms with Gasteiger partial charge in [-0.3, -0.25) is 0 Å². The van der Waals surface area contributed by atoms with Crippen molar-refractivity contribution in [3.8, 4) is 10.4 Å². The minimum atomic E-state index is -0.254. The van der Waals surface area contributed by atoms with Gasteiger partial charge >= 0.3 is 0 Å². The number of aromatic nitrogens is 4. The molecule has 132 valence electrons. The van der Waals surface area contributed by atoms with Crippen molar-refractivity contribution in [1.82, 2.24) is 25.1 Å². The minimum Gasteiger partial charge on any atom is -0.414 e. The van der Waals surface area contributed by atoms with Gasteiger partial charge in [0.05, 0.1) is 16.8 Å². The lowest BCUT2D eigenvalue weighted by Gasteiger charge is -2.03. The Labute approximate surface area is 157 Å². The molecule has 0 saturated carbocycles. The predicted molar refractivity (Wildman–Crippen MR) is 98.6 cm³/mol. The van der Waals surface area contributed by atoms with Crippen LogP contribution in [0.3, 0.4) is 0 Å². The van der Waals surface area contributed by atoms with Crippen LogP contribution in [0.15, 0.2) is 51.3 Å². The van der Waals surface area contributed by atoms with Crippen LogP contribution in [0.25, 0.3) is 20.7 Å². The molecule has 4 aromatic rings. The maximum absolute atomic E-state index is 13.1. The lowest BCUT2D eigenvalue weighted by Crippen LogP contribution is -2.10. The van der Waals surface area contributed by atoms with Crippen molar-refractivity contribution >= 4 is 33.3 Å². The molecule has 0 spiro atoms. The van der Waals surface area contributed by atoms with Gasteiger partial charge in [-0.2, -0.15) is 0 Å². The molecule has 0 aliphatic heterocycles. The van der Waals surface area contributed by atoms with Crippen LogP contribution in [-0.4, -0.2) is 39.2 Å². The molecule has 0 atom stereocenters. The summed E-state index contributed by atoms with van der Waals surface area (Å²) in [7, 11) is 3.88. The fourth-order valence-corrected chi connectivity index (χ4v) is 4.29. The van der Waals surface area contributed by atoms with Gasteiger partial charge in [0, 0.05) is 4.88 Å². The Hall–Kier alpha value is -2.36. The molecule has 0 bridgehead atoms. The molecule has 0 aliphatic rings. The van der Waals surface area contributed by atoms with Gasteiger partial charge in [-0.1, -0.05) is 12.1 Å². The smallest absolute Gasteiger partial charge is 0.283 e. The molecule has 1 aromatic carbocycles. The minimum absolute atomic E-state index is 0.254. The van der Waals surface area contributed by atoms with Crippen LogP contribution in [0, 0.1) is 5.82 Å². The standard InChI is InChI=1S/C17H14FN5OS2/c1-23(2)8-14-21-22-17(24-14)26-16-15-12(19-9-20-16)7-13(25-15)10-3-5-11(18)6-4-10/h3-7,9H,8H2,1-2H3. The Bertz CT molecular complexity index is 1040. The Morgan fingerprint density at radius 2 is 1.96 bits per heavy atom. The number of thiophene rings is 1. The first-order chi connectivity index (χ1) is 12.6. The van der Waals surface area contributed by atoms with Crippen molar-refractivity contribution in [2.24, 2.45) is 0 Å². The summed E-state index contributed by atoms with van der Waals surface area (Å²) in [4.78, 5) is 11.6. The topological polar surface area (TPSA) is 67.9 Å². The van der Waals surface area contributed by atoms with E-state index in [2.05, 4.69) is 20.2 Å². The van der Waals surface area contributed by atoms with E-state index in [9.17, 15) is 4.39 Å². The van der Waals surface area contributed by atoms with E-state index in [1.807, 2.05) is 25.1 Å². The van der Waals surface area contributed by atoms with Gasteiger partial charge < -0.3 is 9.32 Å². The van der Waals surface area contributed by atoms with E-state index in [1.165, 1.54) is 30.2 Å². The van der Waals surface area contributed by atoms with Crippen molar-refractivity contribution in [1.29, 1.82) is 0 Å². The van der Waals surface area contributed by atoms with Crippen LogP contribution in [0.4, 0.5) is 4.39 Å². The predicted octanol–water partition coefficient (Wildman–Crippen LogP) is 4.09. The van der Waals surface area contributed by atoms with E-state index < -0.39 is 0 Å². The van der Waals surface area contributed by atoms with Gasteiger partial charge in [0.1, 0.15) is 17.2 Å². The third-order valence-electron chi connectivity index (χ3n) is 3.49. The number of hydrogen-bond donors (Lipinski definition) is 0. The number of halogens is 1. The zero-order valence-electron chi connectivity index (χ0n) is 14.0. The normalized spacial score (nSPS) is 11.5. The summed E-state index contributed by atoms with van der Waals surface area (Å²) in [6.07, 6.45) is 1.52. The highest BCUT2D eigenvalue weighted by atomic mass is 32.2. The molecule has 3 heterocycles. The van der Waals surface area contributed by atoms with Gasteiger partial charge in [-0.25, -0.2) is 14.4 Å². The molecule has 26 heavy (non-hydrogen) atoms. The molecule has 6 nitrogen and oxygen atoms in total. The Balaban J connectivity index is 1.65. The van der Waals surface area contributed by atoms with Gasteiger partial charge in [0.2, 0.25) is 5.89 Å². The van der Waals surface area contributed by atoms with Crippen LogP contribution in [0.5, 0.6) is 0 Å². The summed E-state index contributed by atoms with van der Waals surface area (Å²) >= 11 is 2.87. The molecule has 4 rings (SSSR count). The van der Waals surface area contributed by atoms with E-state index in [4.69, 9.17) is 4.42 Å². The maximum Gasteiger partial charge on any atom is 0.283 e. The quantitative estimate of drug-likeness (QED) is 0.478. The zero-order chi connectivity index (χ0) is 18.1. The molecular weight excluding hydrogens is 373 g/mol. The molecule has 9 heteroatoms. The van der Waals surface area contributed by atoms with E-state index >= 15 is 0 Å². The largest absolute Gasteiger partial charge is 0.414 e. The van der Waals surface area contributed by atoms with Crippen molar-refractivity contribution in [2.45, 2.75) is 16.8 Å². The highest BCUT2D eigenvalue weighted by Gasteiger charge is 2.15. The number of fused-ring (bicyclic) bond motifs is 1. The van der Waals surface area contributed by atoms with Crippen LogP contribution in [0.2, 0.25) is 0 Å². The molecule has 0 amide bonds. The average molecular weight is 387 g/mol. The third-order valence-corrected chi connectivity index (χ3v) is 5.64. The van der Waals surface area contributed by atoms with E-state index in [-0.39, 0.29) is 5.82 Å². The van der Waals surface area contributed by atoms with Crippen molar-refractivity contribution in [3.63, 3.8) is 0 Å². The molecule has 0 unspecified atom stereocenters. The van der Waals surface area contributed by atoms with Gasteiger partial charge in [-0.05, 0) is 49.6 Å². The van der Waals surface area contributed by atoms with E-state index in [0.717, 1.165) is 25.7 Å². The lowest BCUT2D eigenvalue weighted by atomic mass is 10.2. The first kappa shape index (κ1) is 17.1. The van der Waals surface area contributed by atoms with Crippen molar-refractivity contribution in [2.75, 3.05) is 14.1 Å². The van der Waals surface area contributed by atoms with Crippen molar-refractivity contribution in [3.05, 3.63) is 48.4 Å². The molecule has 0 aliphatic carbocycles. The number of benzene rings is 1. The Morgan fingerprint density at radius 1 is 1.15 bits per heavy atom. The summed E-state index contributed by atoms with van der Waals surface area (Å²) in [6, 6.07) is 8.39. The summed E-state index contributed by atoms with van der Waals surface area (Å²) in [5.41, 5.74) is 1.77. The molecular formula is C17H14FN5OS2. The monoisotopic (exact) mass is 387 g/mol. The number of nitrogens with zero attached hydrogens (tertiary/aromatic N) is 5. The van der Waals surface area contributed by atoms with Crippen LogP contribution in [-0.2, 0) is 6.54 Å². The number of rotatable bonds is 5. The first-order valence-corrected chi connectivity index (χ1v) is 9.37. The maximum atomic E-state index is 13.1. The lowest BCUT2D eigenvalue weighted by molar-refractivity contribution is 0.319. The van der Waals surface area contributed by atoms with Crippen LogP contribution >= 0.6 is 23.1 Å². The second-order valence-corrected chi connectivity index (χ2v) is 7.80. The summed E-state index contributed by atoms with van der Waals surface area (Å²) in [5.74, 6) is 0.303. The van der Waals surface area contributed by atoms with E-state index in [0.29, 0.717) is 17.7 Å². The average Bonchev–Trinajstić information content (AvgIpc) is 3.22. The third kappa shape index (κ3) is 3.59. The van der Waals surface area contributed by atoms with Crippen LogP contribution < -0.4 is 0 Å². The van der Waals surface area contributed by atoms with E-state index in [1.54, 1.807) is 23.5 Å². The second-order valence-electron chi connectivity index (χ2n) is 5.81. The SMILES string of the molecule is CN(C)Cc1nnc(Sc2ncnc3cc(-c4ccc(F)cc4)sc23)o1. The van der Waals surface area contributed by atoms with Crippen LogP contribution in [0.1, 0.15) is 5.89 Å².